The smallest absolute Gasteiger partial charge is 0.114 e. The molecule has 0 radical (unpaired) electrons. The van der Waals surface area contributed by atoms with Crippen LogP contribution in [0.25, 0.3) is 6.08 Å². The van der Waals surface area contributed by atoms with Crippen LogP contribution >= 0.6 is 0 Å². The van der Waals surface area contributed by atoms with Gasteiger partial charge in [-0.1, -0.05) is 19.9 Å². The fourth-order valence-corrected chi connectivity index (χ4v) is 2.33. The predicted octanol–water partition coefficient (Wildman–Crippen LogP) is 1.02. The van der Waals surface area contributed by atoms with Gasteiger partial charge in [0.15, 0.2) is 0 Å². The van der Waals surface area contributed by atoms with E-state index in [1.54, 1.807) is 0 Å². The fourth-order valence-electron chi connectivity index (χ4n) is 2.33. The molecule has 1 aromatic heterocycles. The Kier molecular flexibility index (Phi) is 2.42. The molecule has 0 spiro atoms. The van der Waals surface area contributed by atoms with Crippen molar-refractivity contribution in [2.24, 2.45) is 15.9 Å². The second kappa shape index (κ2) is 3.95. The van der Waals surface area contributed by atoms with Gasteiger partial charge in [0.25, 0.3) is 0 Å². The third-order valence-corrected chi connectivity index (χ3v) is 2.99. The van der Waals surface area contributed by atoms with Crippen molar-refractivity contribution in [2.45, 2.75) is 20.3 Å². The molecule has 0 N–H and O–H groups in total. The van der Waals surface area contributed by atoms with Gasteiger partial charge in [-0.05, 0) is 5.92 Å². The maximum absolute atomic E-state index is 4.52. The highest BCUT2D eigenvalue weighted by Gasteiger charge is 2.20. The van der Waals surface area contributed by atoms with Crippen LogP contribution in [0.4, 0.5) is 11.4 Å². The van der Waals surface area contributed by atoms with E-state index in [9.17, 15) is 0 Å². The Balaban J connectivity index is 2.14. The summed E-state index contributed by atoms with van der Waals surface area (Å²) in [6.07, 6.45) is 6.80. The zero-order valence-electron chi connectivity index (χ0n) is 10.2. The van der Waals surface area contributed by atoms with Gasteiger partial charge in [0.2, 0.25) is 0 Å². The molecule has 0 fully saturated rings. The van der Waals surface area contributed by atoms with Gasteiger partial charge >= 0.3 is 0 Å². The average molecular weight is 228 g/mol. The molecule has 0 saturated heterocycles. The van der Waals surface area contributed by atoms with Gasteiger partial charge in [0.05, 0.1) is 17.2 Å². The molecule has 3 heterocycles. The number of rotatable bonds is 2. The van der Waals surface area contributed by atoms with E-state index in [1.807, 2.05) is 12.4 Å². The molecule has 1 aromatic rings. The number of hydrogen-bond acceptors (Lipinski definition) is 4. The predicted molar refractivity (Wildman–Crippen MR) is 69.3 cm³/mol. The number of hydrogen-bond donors (Lipinski definition) is 0. The summed E-state index contributed by atoms with van der Waals surface area (Å²) < 4.78 is 0. The summed E-state index contributed by atoms with van der Waals surface area (Å²) in [5.74, 6) is 0.622. The molecule has 88 valence electrons. The molecule has 2 aliphatic heterocycles. The molecule has 0 saturated carbocycles. The third-order valence-electron chi connectivity index (χ3n) is 2.99. The first-order valence-electron chi connectivity index (χ1n) is 6.07. The molecule has 4 nitrogen and oxygen atoms in total. The normalized spacial score (nSPS) is 16.5. The van der Waals surface area contributed by atoms with Crippen molar-refractivity contribution in [2.75, 3.05) is 18.1 Å². The topological polar surface area (TPSA) is 40.9 Å². The first-order chi connectivity index (χ1) is 8.25. The first-order valence-corrected chi connectivity index (χ1v) is 6.07. The van der Waals surface area contributed by atoms with Crippen molar-refractivity contribution in [1.29, 1.82) is 0 Å². The SMILES string of the molecule is CC(C)CN1CN=c2cnc3c(c21)N=CCC=3. The van der Waals surface area contributed by atoms with Crippen LogP contribution in [-0.4, -0.2) is 24.4 Å². The third kappa shape index (κ3) is 1.73. The lowest BCUT2D eigenvalue weighted by atomic mass is 10.2. The van der Waals surface area contributed by atoms with Gasteiger partial charge in [0, 0.05) is 19.2 Å². The molecular formula is C13H16N4. The lowest BCUT2D eigenvalue weighted by molar-refractivity contribution is 0.622. The van der Waals surface area contributed by atoms with Crippen LogP contribution in [0.5, 0.6) is 0 Å². The number of nitrogens with zero attached hydrogens (tertiary/aromatic N) is 4. The maximum Gasteiger partial charge on any atom is 0.114 e. The quantitative estimate of drug-likeness (QED) is 0.758. The Bertz CT molecular complexity index is 586. The number of aromatic nitrogens is 1. The molecule has 4 heteroatoms. The first kappa shape index (κ1) is 10.4. The van der Waals surface area contributed by atoms with E-state index in [0.717, 1.165) is 41.7 Å². The van der Waals surface area contributed by atoms with Crippen molar-refractivity contribution < 1.29 is 0 Å². The van der Waals surface area contributed by atoms with E-state index >= 15 is 0 Å². The molecule has 0 unspecified atom stereocenters. The minimum Gasteiger partial charge on any atom is -0.348 e. The Hall–Kier alpha value is -1.71. The Morgan fingerprint density at radius 3 is 3.12 bits per heavy atom. The monoisotopic (exact) mass is 228 g/mol. The fraction of sp³-hybridized carbons (Fsp3) is 0.462. The summed E-state index contributed by atoms with van der Waals surface area (Å²) in [5, 5.41) is 1.98. The average Bonchev–Trinajstić information content (AvgIpc) is 2.72. The summed E-state index contributed by atoms with van der Waals surface area (Å²) in [4.78, 5) is 15.7. The summed E-state index contributed by atoms with van der Waals surface area (Å²) in [7, 11) is 0. The van der Waals surface area contributed by atoms with Crippen LogP contribution in [0.3, 0.4) is 0 Å². The molecule has 0 aromatic carbocycles. The van der Waals surface area contributed by atoms with Crippen LogP contribution in [0.1, 0.15) is 20.3 Å². The lowest BCUT2D eigenvalue weighted by Gasteiger charge is -2.22. The lowest BCUT2D eigenvalue weighted by Crippen LogP contribution is -2.29. The summed E-state index contributed by atoms with van der Waals surface area (Å²) >= 11 is 0. The van der Waals surface area contributed by atoms with Crippen molar-refractivity contribution in [3.63, 3.8) is 0 Å². The molecule has 3 rings (SSSR count). The van der Waals surface area contributed by atoms with Crippen molar-refractivity contribution >= 4 is 23.7 Å². The number of aliphatic imine (C=N–C) groups is 1. The summed E-state index contributed by atoms with van der Waals surface area (Å²) in [6.45, 7) is 6.20. The van der Waals surface area contributed by atoms with E-state index in [-0.39, 0.29) is 0 Å². The highest BCUT2D eigenvalue weighted by atomic mass is 15.2. The van der Waals surface area contributed by atoms with Crippen LogP contribution in [0.2, 0.25) is 0 Å². The highest BCUT2D eigenvalue weighted by Crippen LogP contribution is 2.25. The van der Waals surface area contributed by atoms with Gasteiger partial charge in [0.1, 0.15) is 17.7 Å². The largest absolute Gasteiger partial charge is 0.348 e. The molecule has 0 bridgehead atoms. The van der Waals surface area contributed by atoms with Crippen LogP contribution in [0, 0.1) is 5.92 Å². The number of pyridine rings is 1. The van der Waals surface area contributed by atoms with Gasteiger partial charge in [-0.3, -0.25) is 15.0 Å². The van der Waals surface area contributed by atoms with Crippen molar-refractivity contribution in [3.05, 3.63) is 16.9 Å². The Labute approximate surface area is 100 Å². The summed E-state index contributed by atoms with van der Waals surface area (Å²) in [5.41, 5.74) is 2.16. The standard InChI is InChI=1S/C13H16N4/c1-9(2)7-17-8-16-11-6-15-10-4-3-5-14-12(10)13(11)17/h4-6,9H,3,7-8H2,1-2H3. The molecule has 2 aliphatic rings. The number of fused-ring (bicyclic) bond motifs is 3. The van der Waals surface area contributed by atoms with Crippen LogP contribution in [0.15, 0.2) is 16.2 Å². The minimum absolute atomic E-state index is 0.622. The zero-order valence-corrected chi connectivity index (χ0v) is 10.2. The molecule has 0 amide bonds. The van der Waals surface area contributed by atoms with Crippen molar-refractivity contribution in [1.82, 2.24) is 4.98 Å². The van der Waals surface area contributed by atoms with E-state index in [4.69, 9.17) is 0 Å². The minimum atomic E-state index is 0.622. The van der Waals surface area contributed by atoms with E-state index < -0.39 is 0 Å². The van der Waals surface area contributed by atoms with Crippen LogP contribution < -0.4 is 15.6 Å². The molecule has 17 heavy (non-hydrogen) atoms. The molecular weight excluding hydrogens is 212 g/mol. The highest BCUT2D eigenvalue weighted by molar-refractivity contribution is 5.79. The van der Waals surface area contributed by atoms with Gasteiger partial charge < -0.3 is 4.90 Å². The molecule has 0 atom stereocenters. The van der Waals surface area contributed by atoms with E-state index in [0.29, 0.717) is 5.92 Å². The van der Waals surface area contributed by atoms with Crippen LogP contribution in [-0.2, 0) is 0 Å². The van der Waals surface area contributed by atoms with Gasteiger partial charge in [-0.25, -0.2) is 0 Å². The van der Waals surface area contributed by atoms with Gasteiger partial charge in [-0.2, -0.15) is 0 Å². The second-order valence-corrected chi connectivity index (χ2v) is 4.89. The maximum atomic E-state index is 4.52. The summed E-state index contributed by atoms with van der Waals surface area (Å²) in [6, 6.07) is 0. The van der Waals surface area contributed by atoms with E-state index in [1.165, 1.54) is 0 Å². The van der Waals surface area contributed by atoms with E-state index in [2.05, 4.69) is 39.8 Å². The number of anilines is 1. The van der Waals surface area contributed by atoms with Crippen molar-refractivity contribution in [3.8, 4) is 0 Å². The second-order valence-electron chi connectivity index (χ2n) is 4.89. The Morgan fingerprint density at radius 2 is 2.29 bits per heavy atom. The zero-order chi connectivity index (χ0) is 11.8. The Morgan fingerprint density at radius 1 is 1.41 bits per heavy atom. The molecule has 0 aliphatic carbocycles. The van der Waals surface area contributed by atoms with Gasteiger partial charge in [-0.15, -0.1) is 0 Å².